The second-order valence-corrected chi connectivity index (χ2v) is 7.85. The standard InChI is InChI=1S/C23H27ClN2O3/c1-17(23(28)25-20-9-5-6-10-20)26(15-18-7-3-2-4-8-18)22(27)16-29-21-13-11-19(24)12-14-21/h2-4,7-8,11-14,17,20H,5-6,9-10,15-16H2,1H3,(H,25,28). The first kappa shape index (κ1) is 21.2. The first-order valence-corrected chi connectivity index (χ1v) is 10.4. The molecular formula is C23H27ClN2O3. The Morgan fingerprint density at radius 3 is 2.41 bits per heavy atom. The van der Waals surface area contributed by atoms with Gasteiger partial charge in [-0.3, -0.25) is 9.59 Å². The second-order valence-electron chi connectivity index (χ2n) is 7.42. The number of ether oxygens (including phenoxy) is 1. The van der Waals surface area contributed by atoms with Crippen molar-refractivity contribution in [3.63, 3.8) is 0 Å². The van der Waals surface area contributed by atoms with Gasteiger partial charge in [-0.25, -0.2) is 0 Å². The Morgan fingerprint density at radius 2 is 1.76 bits per heavy atom. The predicted octanol–water partition coefficient (Wildman–Crippen LogP) is 4.19. The summed E-state index contributed by atoms with van der Waals surface area (Å²) in [6.45, 7) is 1.98. The van der Waals surface area contributed by atoms with E-state index in [0.717, 1.165) is 31.2 Å². The Morgan fingerprint density at radius 1 is 1.10 bits per heavy atom. The molecule has 1 aliphatic carbocycles. The minimum absolute atomic E-state index is 0.118. The highest BCUT2D eigenvalue weighted by Crippen LogP contribution is 2.19. The number of hydrogen-bond donors (Lipinski definition) is 1. The average Bonchev–Trinajstić information content (AvgIpc) is 3.24. The molecule has 2 amide bonds. The lowest BCUT2D eigenvalue weighted by atomic mass is 10.1. The molecule has 154 valence electrons. The maximum atomic E-state index is 13.0. The molecule has 2 aromatic carbocycles. The van der Waals surface area contributed by atoms with Crippen molar-refractivity contribution >= 4 is 23.4 Å². The van der Waals surface area contributed by atoms with E-state index in [1.165, 1.54) is 0 Å². The van der Waals surface area contributed by atoms with E-state index in [4.69, 9.17) is 16.3 Å². The van der Waals surface area contributed by atoms with Gasteiger partial charge in [-0.1, -0.05) is 54.8 Å². The number of carbonyl (C=O) groups is 2. The van der Waals surface area contributed by atoms with Crippen molar-refractivity contribution in [2.45, 2.75) is 51.2 Å². The fourth-order valence-electron chi connectivity index (χ4n) is 3.51. The van der Waals surface area contributed by atoms with Crippen LogP contribution in [0.3, 0.4) is 0 Å². The maximum absolute atomic E-state index is 13.0. The minimum Gasteiger partial charge on any atom is -0.484 e. The molecule has 2 aromatic rings. The van der Waals surface area contributed by atoms with E-state index >= 15 is 0 Å². The van der Waals surface area contributed by atoms with Gasteiger partial charge in [0.2, 0.25) is 5.91 Å². The number of halogens is 1. The number of rotatable bonds is 8. The van der Waals surface area contributed by atoms with Crippen molar-refractivity contribution in [3.05, 3.63) is 65.2 Å². The van der Waals surface area contributed by atoms with E-state index in [0.29, 0.717) is 17.3 Å². The molecule has 0 saturated heterocycles. The fourth-order valence-corrected chi connectivity index (χ4v) is 3.64. The lowest BCUT2D eigenvalue weighted by Crippen LogP contribution is -2.50. The monoisotopic (exact) mass is 414 g/mol. The zero-order valence-electron chi connectivity index (χ0n) is 16.6. The number of amides is 2. The smallest absolute Gasteiger partial charge is 0.261 e. The molecular weight excluding hydrogens is 388 g/mol. The Bertz CT molecular complexity index is 805. The van der Waals surface area contributed by atoms with Crippen LogP contribution in [0.25, 0.3) is 0 Å². The lowest BCUT2D eigenvalue weighted by molar-refractivity contribution is -0.142. The summed E-state index contributed by atoms with van der Waals surface area (Å²) in [5.74, 6) is 0.205. The molecule has 0 bridgehead atoms. The second kappa shape index (κ2) is 10.3. The zero-order chi connectivity index (χ0) is 20.6. The van der Waals surface area contributed by atoms with Gasteiger partial charge in [-0.15, -0.1) is 0 Å². The lowest BCUT2D eigenvalue weighted by Gasteiger charge is -2.29. The van der Waals surface area contributed by atoms with E-state index in [-0.39, 0.29) is 24.5 Å². The molecule has 0 aliphatic heterocycles. The molecule has 5 nitrogen and oxygen atoms in total. The molecule has 1 aliphatic rings. The minimum atomic E-state index is -0.586. The maximum Gasteiger partial charge on any atom is 0.261 e. The van der Waals surface area contributed by atoms with Crippen molar-refractivity contribution in [1.82, 2.24) is 10.2 Å². The Kier molecular flexibility index (Phi) is 7.53. The summed E-state index contributed by atoms with van der Waals surface area (Å²) < 4.78 is 5.62. The van der Waals surface area contributed by atoms with Crippen LogP contribution in [0.2, 0.25) is 5.02 Å². The van der Waals surface area contributed by atoms with Crippen LogP contribution in [0.4, 0.5) is 0 Å². The molecule has 1 atom stereocenters. The molecule has 1 unspecified atom stereocenters. The Labute approximate surface area is 177 Å². The van der Waals surface area contributed by atoms with E-state index in [1.54, 1.807) is 36.1 Å². The summed E-state index contributed by atoms with van der Waals surface area (Å²) in [5.41, 5.74) is 0.966. The average molecular weight is 415 g/mol. The fraction of sp³-hybridized carbons (Fsp3) is 0.391. The molecule has 0 spiro atoms. The molecule has 0 heterocycles. The molecule has 29 heavy (non-hydrogen) atoms. The van der Waals surface area contributed by atoms with Crippen LogP contribution in [-0.4, -0.2) is 35.4 Å². The van der Waals surface area contributed by atoms with Gasteiger partial charge in [0.15, 0.2) is 6.61 Å². The van der Waals surface area contributed by atoms with E-state index in [9.17, 15) is 9.59 Å². The van der Waals surface area contributed by atoms with Gasteiger partial charge in [0, 0.05) is 17.6 Å². The summed E-state index contributed by atoms with van der Waals surface area (Å²) in [6, 6.07) is 16.1. The van der Waals surface area contributed by atoms with Crippen LogP contribution >= 0.6 is 11.6 Å². The SMILES string of the molecule is CC(C(=O)NC1CCCC1)N(Cc1ccccc1)C(=O)COc1ccc(Cl)cc1. The van der Waals surface area contributed by atoms with Crippen LogP contribution in [0, 0.1) is 0 Å². The largest absolute Gasteiger partial charge is 0.484 e. The highest BCUT2D eigenvalue weighted by atomic mass is 35.5. The third kappa shape index (κ3) is 6.23. The number of carbonyl (C=O) groups excluding carboxylic acids is 2. The van der Waals surface area contributed by atoms with Gasteiger partial charge >= 0.3 is 0 Å². The van der Waals surface area contributed by atoms with E-state index < -0.39 is 6.04 Å². The first-order valence-electron chi connectivity index (χ1n) is 10.0. The highest BCUT2D eigenvalue weighted by molar-refractivity contribution is 6.30. The van der Waals surface area contributed by atoms with Gasteiger partial charge in [-0.05, 0) is 49.6 Å². The summed E-state index contributed by atoms with van der Waals surface area (Å²) in [6.07, 6.45) is 4.29. The van der Waals surface area contributed by atoms with Crippen LogP contribution in [0.15, 0.2) is 54.6 Å². The van der Waals surface area contributed by atoms with E-state index in [2.05, 4.69) is 5.32 Å². The zero-order valence-corrected chi connectivity index (χ0v) is 17.4. The van der Waals surface area contributed by atoms with Crippen LogP contribution in [0.1, 0.15) is 38.2 Å². The van der Waals surface area contributed by atoms with Crippen molar-refractivity contribution in [3.8, 4) is 5.75 Å². The third-order valence-electron chi connectivity index (χ3n) is 5.24. The number of hydrogen-bond acceptors (Lipinski definition) is 3. The number of benzene rings is 2. The van der Waals surface area contributed by atoms with E-state index in [1.807, 2.05) is 30.3 Å². The van der Waals surface area contributed by atoms with Gasteiger partial charge < -0.3 is 15.0 Å². The topological polar surface area (TPSA) is 58.6 Å². The van der Waals surface area contributed by atoms with Gasteiger partial charge in [-0.2, -0.15) is 0 Å². The Hall–Kier alpha value is -2.53. The van der Waals surface area contributed by atoms with Crippen LogP contribution in [-0.2, 0) is 16.1 Å². The molecule has 6 heteroatoms. The highest BCUT2D eigenvalue weighted by Gasteiger charge is 2.28. The van der Waals surface area contributed by atoms with Gasteiger partial charge in [0.25, 0.3) is 5.91 Å². The molecule has 0 aromatic heterocycles. The van der Waals surface area contributed by atoms with Crippen LogP contribution < -0.4 is 10.1 Å². The molecule has 0 radical (unpaired) electrons. The summed E-state index contributed by atoms with van der Waals surface area (Å²) >= 11 is 5.89. The van der Waals surface area contributed by atoms with Crippen molar-refractivity contribution in [2.75, 3.05) is 6.61 Å². The van der Waals surface area contributed by atoms with Crippen molar-refractivity contribution in [2.24, 2.45) is 0 Å². The normalized spacial score (nSPS) is 15.0. The van der Waals surface area contributed by atoms with Crippen molar-refractivity contribution < 1.29 is 14.3 Å². The summed E-state index contributed by atoms with van der Waals surface area (Å²) in [4.78, 5) is 27.3. The predicted molar refractivity (Wildman–Crippen MR) is 114 cm³/mol. The molecule has 3 rings (SSSR count). The Balaban J connectivity index is 1.67. The van der Waals surface area contributed by atoms with Crippen molar-refractivity contribution in [1.29, 1.82) is 0 Å². The summed E-state index contributed by atoms with van der Waals surface area (Å²) in [7, 11) is 0. The summed E-state index contributed by atoms with van der Waals surface area (Å²) in [5, 5.41) is 3.69. The molecule has 1 fully saturated rings. The van der Waals surface area contributed by atoms with Gasteiger partial charge in [0.1, 0.15) is 11.8 Å². The molecule has 1 N–H and O–H groups in total. The van der Waals surface area contributed by atoms with Crippen LogP contribution in [0.5, 0.6) is 5.75 Å². The quantitative estimate of drug-likeness (QED) is 0.704. The number of nitrogens with zero attached hydrogens (tertiary/aromatic N) is 1. The third-order valence-corrected chi connectivity index (χ3v) is 5.49. The number of nitrogens with one attached hydrogen (secondary N) is 1. The first-order chi connectivity index (χ1) is 14.0. The molecule has 1 saturated carbocycles. The van der Waals surface area contributed by atoms with Gasteiger partial charge in [0.05, 0.1) is 0 Å².